The van der Waals surface area contributed by atoms with Crippen molar-refractivity contribution in [3.63, 3.8) is 0 Å². The van der Waals surface area contributed by atoms with Gasteiger partial charge in [-0.3, -0.25) is 9.59 Å². The van der Waals surface area contributed by atoms with Crippen molar-refractivity contribution in [3.05, 3.63) is 5.56 Å². The van der Waals surface area contributed by atoms with Crippen LogP contribution in [0.1, 0.15) is 17.9 Å². The zero-order chi connectivity index (χ0) is 13.7. The Morgan fingerprint density at radius 3 is 2.55 bits per heavy atom. The first-order valence-electron chi connectivity index (χ1n) is 6.58. The number of amides is 2. The monoisotopic (exact) mass is 275 g/mol. The standard InChI is InChI=1S/C12H13N5O3/c18-7-5-6-8-9(13-7)15-12(16-10(8)14-11(6)19)17-1-3-20-4-2-17/h6H,1-5H2,(H2,13,14,15,16,18,19)/t6-/m1/s1. The van der Waals surface area contributed by atoms with Gasteiger partial charge >= 0.3 is 0 Å². The Kier molecular flexibility index (Phi) is 2.40. The quantitative estimate of drug-likeness (QED) is 0.730. The molecule has 0 saturated carbocycles. The lowest BCUT2D eigenvalue weighted by Gasteiger charge is -2.28. The molecule has 2 amide bonds. The van der Waals surface area contributed by atoms with E-state index in [-0.39, 0.29) is 18.2 Å². The van der Waals surface area contributed by atoms with E-state index in [1.54, 1.807) is 0 Å². The molecule has 1 saturated heterocycles. The molecular weight excluding hydrogens is 262 g/mol. The van der Waals surface area contributed by atoms with Gasteiger partial charge in [0.2, 0.25) is 17.8 Å². The van der Waals surface area contributed by atoms with Crippen molar-refractivity contribution in [3.8, 4) is 0 Å². The molecule has 0 radical (unpaired) electrons. The van der Waals surface area contributed by atoms with E-state index in [0.717, 1.165) is 0 Å². The average molecular weight is 275 g/mol. The van der Waals surface area contributed by atoms with Crippen LogP contribution in [0.5, 0.6) is 0 Å². The minimum Gasteiger partial charge on any atom is -0.378 e. The van der Waals surface area contributed by atoms with Gasteiger partial charge < -0.3 is 20.3 Å². The molecule has 8 nitrogen and oxygen atoms in total. The van der Waals surface area contributed by atoms with Crippen LogP contribution in [0.25, 0.3) is 0 Å². The molecule has 8 heteroatoms. The first-order valence-corrected chi connectivity index (χ1v) is 6.58. The minimum atomic E-state index is -0.451. The molecule has 104 valence electrons. The zero-order valence-corrected chi connectivity index (χ0v) is 10.7. The number of rotatable bonds is 1. The maximum absolute atomic E-state index is 11.9. The predicted octanol–water partition coefficient (Wildman–Crippen LogP) is -0.309. The highest BCUT2D eigenvalue weighted by Crippen LogP contribution is 2.41. The van der Waals surface area contributed by atoms with Crippen molar-refractivity contribution < 1.29 is 14.3 Å². The van der Waals surface area contributed by atoms with E-state index in [4.69, 9.17) is 4.74 Å². The van der Waals surface area contributed by atoms with E-state index >= 15 is 0 Å². The Hall–Kier alpha value is -2.22. The number of hydrogen-bond donors (Lipinski definition) is 2. The normalized spacial score (nSPS) is 24.2. The lowest BCUT2D eigenvalue weighted by atomic mass is 9.95. The van der Waals surface area contributed by atoms with E-state index in [1.165, 1.54) is 0 Å². The lowest BCUT2D eigenvalue weighted by molar-refractivity contribution is -0.122. The van der Waals surface area contributed by atoms with Crippen LogP contribution in [-0.4, -0.2) is 48.1 Å². The molecular formula is C12H13N5O3. The van der Waals surface area contributed by atoms with E-state index < -0.39 is 5.92 Å². The summed E-state index contributed by atoms with van der Waals surface area (Å²) in [5, 5.41) is 5.47. The topological polar surface area (TPSA) is 96.5 Å². The Morgan fingerprint density at radius 1 is 1.10 bits per heavy atom. The largest absolute Gasteiger partial charge is 0.378 e. The lowest BCUT2D eigenvalue weighted by Crippen LogP contribution is -2.37. The van der Waals surface area contributed by atoms with Crippen LogP contribution in [0.2, 0.25) is 0 Å². The number of ether oxygens (including phenoxy) is 1. The van der Waals surface area contributed by atoms with Crippen LogP contribution >= 0.6 is 0 Å². The third kappa shape index (κ3) is 1.64. The summed E-state index contributed by atoms with van der Waals surface area (Å²) in [6.45, 7) is 2.64. The third-order valence-corrected chi connectivity index (χ3v) is 3.78. The van der Waals surface area contributed by atoms with Crippen molar-refractivity contribution in [1.29, 1.82) is 0 Å². The molecule has 1 aromatic rings. The second kappa shape index (κ2) is 4.14. The smallest absolute Gasteiger partial charge is 0.233 e. The summed E-state index contributed by atoms with van der Waals surface area (Å²) in [5.74, 6) is 0.682. The van der Waals surface area contributed by atoms with Gasteiger partial charge in [0.05, 0.1) is 24.7 Å². The van der Waals surface area contributed by atoms with Gasteiger partial charge in [0, 0.05) is 19.5 Å². The molecule has 1 atom stereocenters. The molecule has 20 heavy (non-hydrogen) atoms. The fraction of sp³-hybridized carbons (Fsp3) is 0.500. The molecule has 1 fully saturated rings. The molecule has 0 aliphatic carbocycles. The number of aromatic nitrogens is 2. The summed E-state index contributed by atoms with van der Waals surface area (Å²) in [4.78, 5) is 34.4. The summed E-state index contributed by atoms with van der Waals surface area (Å²) in [6.07, 6.45) is 0.159. The fourth-order valence-corrected chi connectivity index (χ4v) is 2.78. The summed E-state index contributed by atoms with van der Waals surface area (Å²) < 4.78 is 5.30. The van der Waals surface area contributed by atoms with Gasteiger partial charge in [-0.2, -0.15) is 9.97 Å². The van der Waals surface area contributed by atoms with Gasteiger partial charge in [-0.05, 0) is 0 Å². The number of carbonyl (C=O) groups excluding carboxylic acids is 2. The second-order valence-corrected chi connectivity index (χ2v) is 5.03. The fourth-order valence-electron chi connectivity index (χ4n) is 2.78. The molecule has 0 unspecified atom stereocenters. The molecule has 2 N–H and O–H groups in total. The second-order valence-electron chi connectivity index (χ2n) is 5.03. The van der Waals surface area contributed by atoms with Crippen molar-refractivity contribution in [1.82, 2.24) is 9.97 Å². The predicted molar refractivity (Wildman–Crippen MR) is 69.7 cm³/mol. The number of anilines is 3. The molecule has 0 aromatic carbocycles. The summed E-state index contributed by atoms with van der Waals surface area (Å²) in [6, 6.07) is 0. The Balaban J connectivity index is 1.78. The molecule has 0 bridgehead atoms. The highest BCUT2D eigenvalue weighted by Gasteiger charge is 2.40. The number of carbonyl (C=O) groups is 2. The number of nitrogens with one attached hydrogen (secondary N) is 2. The summed E-state index contributed by atoms with van der Waals surface area (Å²) in [7, 11) is 0. The zero-order valence-electron chi connectivity index (χ0n) is 10.7. The van der Waals surface area contributed by atoms with Crippen molar-refractivity contribution in [2.45, 2.75) is 12.3 Å². The Bertz CT molecular complexity index is 611. The molecule has 4 rings (SSSR count). The number of morpholine rings is 1. The van der Waals surface area contributed by atoms with Gasteiger partial charge in [-0.15, -0.1) is 0 Å². The average Bonchev–Trinajstić information content (AvgIpc) is 2.77. The van der Waals surface area contributed by atoms with Crippen LogP contribution in [-0.2, 0) is 14.3 Å². The first kappa shape index (κ1) is 11.6. The summed E-state index contributed by atoms with van der Waals surface area (Å²) >= 11 is 0. The Morgan fingerprint density at radius 2 is 1.80 bits per heavy atom. The van der Waals surface area contributed by atoms with Crippen LogP contribution in [0.4, 0.5) is 17.6 Å². The maximum atomic E-state index is 11.9. The molecule has 3 aliphatic rings. The van der Waals surface area contributed by atoms with Gasteiger partial charge in [0.1, 0.15) is 11.6 Å². The van der Waals surface area contributed by atoms with Gasteiger partial charge in [0.25, 0.3) is 0 Å². The number of nitrogens with zero attached hydrogens (tertiary/aromatic N) is 3. The molecule has 3 aliphatic heterocycles. The van der Waals surface area contributed by atoms with Gasteiger partial charge in [0.15, 0.2) is 0 Å². The van der Waals surface area contributed by atoms with E-state index in [0.29, 0.717) is 49.5 Å². The minimum absolute atomic E-state index is 0.159. The van der Waals surface area contributed by atoms with E-state index in [9.17, 15) is 9.59 Å². The van der Waals surface area contributed by atoms with Crippen molar-refractivity contribution in [2.24, 2.45) is 0 Å². The van der Waals surface area contributed by atoms with Crippen LogP contribution in [0, 0.1) is 0 Å². The SMILES string of the molecule is O=C1C[C@H]2C(=O)Nc3nc(N4CCOCC4)nc(c32)N1. The highest BCUT2D eigenvalue weighted by molar-refractivity contribution is 6.10. The van der Waals surface area contributed by atoms with Gasteiger partial charge in [-0.25, -0.2) is 0 Å². The molecule has 1 aromatic heterocycles. The van der Waals surface area contributed by atoms with Crippen molar-refractivity contribution in [2.75, 3.05) is 41.8 Å². The van der Waals surface area contributed by atoms with Crippen LogP contribution in [0.15, 0.2) is 0 Å². The van der Waals surface area contributed by atoms with Gasteiger partial charge in [-0.1, -0.05) is 0 Å². The third-order valence-electron chi connectivity index (χ3n) is 3.78. The highest BCUT2D eigenvalue weighted by atomic mass is 16.5. The van der Waals surface area contributed by atoms with E-state index in [2.05, 4.69) is 20.6 Å². The maximum Gasteiger partial charge on any atom is 0.233 e. The van der Waals surface area contributed by atoms with Crippen LogP contribution < -0.4 is 15.5 Å². The number of hydrogen-bond acceptors (Lipinski definition) is 6. The molecule has 4 heterocycles. The van der Waals surface area contributed by atoms with Crippen molar-refractivity contribution >= 4 is 29.4 Å². The summed E-state index contributed by atoms with van der Waals surface area (Å²) in [5.41, 5.74) is 0.714. The van der Waals surface area contributed by atoms with E-state index in [1.807, 2.05) is 4.90 Å². The van der Waals surface area contributed by atoms with Crippen LogP contribution in [0.3, 0.4) is 0 Å². The molecule has 0 spiro atoms. The Labute approximate surface area is 114 Å². The first-order chi connectivity index (χ1) is 9.72.